The summed E-state index contributed by atoms with van der Waals surface area (Å²) in [4.78, 5) is 41.2. The molecule has 0 fully saturated rings. The molecular weight excluding hydrogens is 526 g/mol. The highest BCUT2D eigenvalue weighted by Crippen LogP contribution is 2.19. The lowest BCUT2D eigenvalue weighted by molar-refractivity contribution is -0.136. The van der Waals surface area contributed by atoms with E-state index in [-0.39, 0.29) is 43.3 Å². The summed E-state index contributed by atoms with van der Waals surface area (Å²) in [6.45, 7) is 1.39. The van der Waals surface area contributed by atoms with Crippen molar-refractivity contribution in [2.45, 2.75) is 44.7 Å². The van der Waals surface area contributed by atoms with Crippen LogP contribution in [0.5, 0.6) is 0 Å². The van der Waals surface area contributed by atoms with Crippen molar-refractivity contribution in [1.82, 2.24) is 15.5 Å². The second-order valence-corrected chi connectivity index (χ2v) is 10.6. The van der Waals surface area contributed by atoms with E-state index in [1.807, 2.05) is 78.9 Å². The van der Waals surface area contributed by atoms with E-state index in [0.717, 1.165) is 39.9 Å². The van der Waals surface area contributed by atoms with Gasteiger partial charge >= 0.3 is 0 Å². The number of hydrogen-bond acceptors (Lipinski definition) is 5. The van der Waals surface area contributed by atoms with Crippen LogP contribution in [0.1, 0.15) is 48.0 Å². The molecule has 0 aliphatic heterocycles. The Labute approximate surface area is 247 Å². The topological polar surface area (TPSA) is 131 Å². The molecule has 8 heteroatoms. The zero-order valence-corrected chi connectivity index (χ0v) is 24.1. The summed E-state index contributed by atoms with van der Waals surface area (Å²) < 4.78 is 0. The molecule has 3 amide bonds. The van der Waals surface area contributed by atoms with Crippen molar-refractivity contribution in [3.05, 3.63) is 96.1 Å². The average Bonchev–Trinajstić information content (AvgIpc) is 3.02. The highest BCUT2D eigenvalue weighted by Gasteiger charge is 2.23. The highest BCUT2D eigenvalue weighted by molar-refractivity contribution is 5.98. The molecule has 4 aromatic rings. The van der Waals surface area contributed by atoms with E-state index in [2.05, 4.69) is 10.6 Å². The Balaban J connectivity index is 1.46. The van der Waals surface area contributed by atoms with Gasteiger partial charge in [-0.25, -0.2) is 0 Å². The first-order valence-electron chi connectivity index (χ1n) is 14.7. The fraction of sp³-hybridized carbons (Fsp3) is 0.324. The lowest BCUT2D eigenvalue weighted by Crippen LogP contribution is -2.49. The predicted octanol–water partition coefficient (Wildman–Crippen LogP) is 4.10. The van der Waals surface area contributed by atoms with Gasteiger partial charge in [-0.15, -0.1) is 0 Å². The van der Waals surface area contributed by atoms with Crippen molar-refractivity contribution >= 4 is 39.3 Å². The number of fused-ring (bicyclic) bond motifs is 2. The number of unbranched alkanes of at least 4 members (excludes halogenated alkanes) is 1. The summed E-state index contributed by atoms with van der Waals surface area (Å²) in [6.07, 6.45) is 2.98. The largest absolute Gasteiger partial charge is 0.350 e. The van der Waals surface area contributed by atoms with E-state index in [4.69, 9.17) is 11.5 Å². The van der Waals surface area contributed by atoms with Gasteiger partial charge in [-0.05, 0) is 71.6 Å². The monoisotopic (exact) mass is 567 g/mol. The molecule has 0 heterocycles. The molecular formula is C34H41N5O3. The number of nitrogens with two attached hydrogens (primary N) is 2. The predicted molar refractivity (Wildman–Crippen MR) is 169 cm³/mol. The molecule has 4 rings (SSSR count). The van der Waals surface area contributed by atoms with Gasteiger partial charge in [0.05, 0.1) is 6.54 Å². The van der Waals surface area contributed by atoms with Gasteiger partial charge in [0, 0.05) is 31.1 Å². The third kappa shape index (κ3) is 8.61. The van der Waals surface area contributed by atoms with Crippen molar-refractivity contribution in [1.29, 1.82) is 0 Å². The molecule has 42 heavy (non-hydrogen) atoms. The fourth-order valence-electron chi connectivity index (χ4n) is 5.15. The van der Waals surface area contributed by atoms with Gasteiger partial charge in [0.25, 0.3) is 5.91 Å². The Morgan fingerprint density at radius 2 is 1.48 bits per heavy atom. The Hall–Kier alpha value is -4.27. The van der Waals surface area contributed by atoms with Crippen LogP contribution in [-0.2, 0) is 16.1 Å². The van der Waals surface area contributed by atoms with Crippen LogP contribution in [0.4, 0.5) is 0 Å². The van der Waals surface area contributed by atoms with E-state index in [9.17, 15) is 14.4 Å². The first-order chi connectivity index (χ1) is 20.5. The fourth-order valence-corrected chi connectivity index (χ4v) is 5.15. The third-order valence-electron chi connectivity index (χ3n) is 7.43. The third-order valence-corrected chi connectivity index (χ3v) is 7.43. The van der Waals surface area contributed by atoms with Gasteiger partial charge in [0.15, 0.2) is 0 Å². The molecule has 1 atom stereocenters. The summed E-state index contributed by atoms with van der Waals surface area (Å²) in [6, 6.07) is 27.2. The zero-order valence-electron chi connectivity index (χ0n) is 24.1. The van der Waals surface area contributed by atoms with Crippen LogP contribution < -0.4 is 22.1 Å². The number of carbonyl (C=O) groups is 3. The van der Waals surface area contributed by atoms with Crippen molar-refractivity contribution in [3.8, 4) is 0 Å². The number of hydrogen-bond donors (Lipinski definition) is 4. The lowest BCUT2D eigenvalue weighted by Gasteiger charge is -2.28. The van der Waals surface area contributed by atoms with E-state index >= 15 is 0 Å². The van der Waals surface area contributed by atoms with Crippen molar-refractivity contribution < 1.29 is 14.4 Å². The minimum absolute atomic E-state index is 0.104. The smallest absolute Gasteiger partial charge is 0.251 e. The van der Waals surface area contributed by atoms with Gasteiger partial charge in [-0.1, -0.05) is 79.2 Å². The molecule has 220 valence electrons. The van der Waals surface area contributed by atoms with Crippen molar-refractivity contribution in [3.63, 3.8) is 0 Å². The Morgan fingerprint density at radius 3 is 2.26 bits per heavy atom. The number of rotatable bonds is 15. The van der Waals surface area contributed by atoms with Crippen molar-refractivity contribution in [2.24, 2.45) is 11.5 Å². The summed E-state index contributed by atoms with van der Waals surface area (Å²) in [7, 11) is 0. The Bertz CT molecular complexity index is 1500. The van der Waals surface area contributed by atoms with E-state index < -0.39 is 0 Å². The van der Waals surface area contributed by atoms with E-state index in [0.29, 0.717) is 38.0 Å². The van der Waals surface area contributed by atoms with E-state index in [1.165, 1.54) is 0 Å². The molecule has 8 nitrogen and oxygen atoms in total. The summed E-state index contributed by atoms with van der Waals surface area (Å²) in [5, 5.41) is 10.3. The van der Waals surface area contributed by atoms with Crippen LogP contribution >= 0.6 is 0 Å². The maximum atomic E-state index is 13.3. The van der Waals surface area contributed by atoms with Crippen LogP contribution in [0.25, 0.3) is 21.5 Å². The van der Waals surface area contributed by atoms with Crippen LogP contribution in [0.15, 0.2) is 84.9 Å². The van der Waals surface area contributed by atoms with Crippen LogP contribution in [0, 0.1) is 0 Å². The molecule has 0 aromatic heterocycles. The number of nitrogens with zero attached hydrogens (tertiary/aromatic N) is 1. The minimum atomic E-state index is -0.344. The summed E-state index contributed by atoms with van der Waals surface area (Å²) in [5.41, 5.74) is 13.0. The van der Waals surface area contributed by atoms with Crippen molar-refractivity contribution in [2.75, 3.05) is 26.2 Å². The molecule has 0 radical (unpaired) electrons. The molecule has 0 unspecified atom stereocenters. The molecule has 0 saturated heterocycles. The zero-order chi connectivity index (χ0) is 29.7. The number of carbonyl (C=O) groups excluding carboxylic acids is 3. The second kappa shape index (κ2) is 15.7. The number of amides is 3. The van der Waals surface area contributed by atoms with Gasteiger partial charge in [-0.3, -0.25) is 14.4 Å². The molecule has 4 aromatic carbocycles. The molecule has 0 aliphatic rings. The SMILES string of the molecule is NCCCC[C@@H](CN(CC(=O)NCc1cccc2ccccc12)C(=O)CCCN)NC(=O)c1ccc2ccccc2c1. The average molecular weight is 568 g/mol. The van der Waals surface area contributed by atoms with Gasteiger partial charge in [0.1, 0.15) is 0 Å². The second-order valence-electron chi connectivity index (χ2n) is 10.6. The molecule has 0 saturated carbocycles. The Morgan fingerprint density at radius 1 is 0.762 bits per heavy atom. The minimum Gasteiger partial charge on any atom is -0.350 e. The molecule has 0 spiro atoms. The van der Waals surface area contributed by atoms with Crippen LogP contribution in [-0.4, -0.2) is 54.8 Å². The molecule has 0 aliphatic carbocycles. The first kappa shape index (κ1) is 30.7. The summed E-state index contributed by atoms with van der Waals surface area (Å²) in [5.74, 6) is -0.636. The normalized spacial score (nSPS) is 11.8. The Kier molecular flexibility index (Phi) is 11.4. The van der Waals surface area contributed by atoms with Gasteiger partial charge < -0.3 is 27.0 Å². The number of nitrogens with one attached hydrogen (secondary N) is 2. The number of benzene rings is 4. The van der Waals surface area contributed by atoms with Gasteiger partial charge in [-0.2, -0.15) is 0 Å². The maximum Gasteiger partial charge on any atom is 0.251 e. The quantitative estimate of drug-likeness (QED) is 0.161. The first-order valence-corrected chi connectivity index (χ1v) is 14.7. The summed E-state index contributed by atoms with van der Waals surface area (Å²) >= 11 is 0. The van der Waals surface area contributed by atoms with E-state index in [1.54, 1.807) is 11.0 Å². The standard InChI is InChI=1S/C34H41N5O3/c35-19-6-5-14-30(38-34(42)28-18-17-25-9-1-2-11-27(25)21-28)23-39(33(41)16-8-20-36)24-32(40)37-22-29-13-7-12-26-10-3-4-15-31(26)29/h1-4,7,9-13,15,17-18,21,30H,5-6,8,14,16,19-20,22-24,35-36H2,(H,37,40)(H,38,42)/t30-/m0/s1. The highest BCUT2D eigenvalue weighted by atomic mass is 16.2. The lowest BCUT2D eigenvalue weighted by atomic mass is 10.0. The molecule has 6 N–H and O–H groups in total. The molecule has 0 bridgehead atoms. The van der Waals surface area contributed by atoms with Gasteiger partial charge in [0.2, 0.25) is 11.8 Å². The maximum absolute atomic E-state index is 13.3. The van der Waals surface area contributed by atoms with Crippen LogP contribution in [0.2, 0.25) is 0 Å². The van der Waals surface area contributed by atoms with Crippen LogP contribution in [0.3, 0.4) is 0 Å².